The molecule has 0 bridgehead atoms. The summed E-state index contributed by atoms with van der Waals surface area (Å²) in [5.74, 6) is -0.216. The summed E-state index contributed by atoms with van der Waals surface area (Å²) in [6.07, 6.45) is 4.94. The Kier molecular flexibility index (Phi) is 9.41. The number of carbonyl (C=O) groups excluding carboxylic acids is 1. The van der Waals surface area contributed by atoms with E-state index in [1.807, 2.05) is 73.1 Å². The Bertz CT molecular complexity index is 1610. The molecule has 6 aromatic rings. The molecule has 4 nitrogen and oxygen atoms in total. The fraction of sp³-hybridized carbons (Fsp3) is 0. The molecular weight excluding hydrogens is 615 g/mol. The number of carbonyl (C=O) groups is 1. The molecule has 2 aromatic heterocycles. The molecule has 1 radical (unpaired) electrons. The summed E-state index contributed by atoms with van der Waals surface area (Å²) >= 11 is 0. The van der Waals surface area contributed by atoms with Crippen molar-refractivity contribution in [2.45, 2.75) is 0 Å². The first kappa shape index (κ1) is 27.2. The van der Waals surface area contributed by atoms with Gasteiger partial charge in [0.05, 0.1) is 11.4 Å². The topological polar surface area (TPSA) is 63.1 Å². The number of fused-ring (bicyclic) bond motifs is 2. The van der Waals surface area contributed by atoms with E-state index in [2.05, 4.69) is 34.2 Å². The Labute approximate surface area is 252 Å². The number of hydrogen-bond donors (Lipinski definition) is 1. The number of aliphatic hydroxyl groups is 1. The van der Waals surface area contributed by atoms with Crippen molar-refractivity contribution in [1.29, 1.82) is 0 Å². The number of nitrogens with zero attached hydrogens (tertiary/aromatic N) is 2. The normalized spacial score (nSPS) is 10.8. The van der Waals surface area contributed by atoms with Crippen molar-refractivity contribution < 1.29 is 48.5 Å². The van der Waals surface area contributed by atoms with Crippen LogP contribution in [0.4, 0.5) is 0 Å². The molecule has 0 aliphatic carbocycles. The van der Waals surface area contributed by atoms with Gasteiger partial charge in [-0.15, -0.1) is 0 Å². The Balaban J connectivity index is 0.000000175. The van der Waals surface area contributed by atoms with Crippen LogP contribution in [-0.2, 0) is 0 Å². The van der Waals surface area contributed by atoms with Crippen LogP contribution in [0.3, 0.4) is 0 Å². The van der Waals surface area contributed by atoms with Crippen LogP contribution in [0.25, 0.3) is 38.7 Å². The molecule has 1 N–H and O–H groups in total. The molecule has 6 rings (SSSR count). The molecule has 0 aliphatic rings. The molecule has 187 valence electrons. The van der Waals surface area contributed by atoms with Crippen molar-refractivity contribution in [3.63, 3.8) is 0 Å². The van der Waals surface area contributed by atoms with Gasteiger partial charge in [-0.3, -0.25) is 14.8 Å². The van der Waals surface area contributed by atoms with Crippen molar-refractivity contribution in [1.82, 2.24) is 9.97 Å². The monoisotopic (exact) mass is 639 g/mol. The van der Waals surface area contributed by atoms with Gasteiger partial charge >= 0.3 is 0 Å². The van der Waals surface area contributed by atoms with E-state index < -0.39 is 0 Å². The van der Waals surface area contributed by atoms with Crippen LogP contribution in [0.15, 0.2) is 140 Å². The van der Waals surface area contributed by atoms with E-state index in [-0.39, 0.29) is 50.2 Å². The van der Waals surface area contributed by atoms with Gasteiger partial charge in [0.25, 0.3) is 0 Å². The van der Waals surface area contributed by atoms with Gasteiger partial charge in [-0.1, -0.05) is 109 Å². The molecule has 2 heterocycles. The Hall–Kier alpha value is -3.80. The second kappa shape index (κ2) is 13.1. The number of aromatic nitrogens is 2. The van der Waals surface area contributed by atoms with Gasteiger partial charge in [0.2, 0.25) is 0 Å². The zero-order chi connectivity index (χ0) is 25.5. The third-order valence-electron chi connectivity index (χ3n) is 5.97. The number of rotatable bonds is 4. The number of benzene rings is 4. The van der Waals surface area contributed by atoms with Crippen LogP contribution in [0.2, 0.25) is 0 Å². The number of ketones is 1. The Morgan fingerprint density at radius 1 is 0.553 bits per heavy atom. The molecule has 4 aromatic carbocycles. The Morgan fingerprint density at radius 2 is 0.974 bits per heavy atom. The second-order valence-electron chi connectivity index (χ2n) is 8.39. The van der Waals surface area contributed by atoms with Crippen molar-refractivity contribution in [2.24, 2.45) is 0 Å². The minimum absolute atomic E-state index is 0. The maximum Gasteiger partial charge on any atom is 0.189 e. The molecule has 5 heteroatoms. The third kappa shape index (κ3) is 6.36. The molecule has 0 saturated heterocycles. The van der Waals surface area contributed by atoms with Crippen LogP contribution >= 0.6 is 0 Å². The zero-order valence-corrected chi connectivity index (χ0v) is 22.5. The molecule has 0 atom stereocenters. The number of pyridine rings is 2. The first-order valence-electron chi connectivity index (χ1n) is 11.9. The van der Waals surface area contributed by atoms with E-state index in [0.717, 1.165) is 22.2 Å². The molecule has 0 fully saturated rings. The van der Waals surface area contributed by atoms with Gasteiger partial charge in [0.1, 0.15) is 5.76 Å². The summed E-state index contributed by atoms with van der Waals surface area (Å²) < 4.78 is 0. The smallest absolute Gasteiger partial charge is 0.189 e. The summed E-state index contributed by atoms with van der Waals surface area (Å²) in [6.45, 7) is 0. The van der Waals surface area contributed by atoms with Crippen LogP contribution in [0.1, 0.15) is 15.9 Å². The predicted molar refractivity (Wildman–Crippen MR) is 150 cm³/mol. The molecule has 38 heavy (non-hydrogen) atoms. The van der Waals surface area contributed by atoms with E-state index in [0.29, 0.717) is 11.1 Å². The summed E-state index contributed by atoms with van der Waals surface area (Å²) in [6, 6.07) is 38.5. The van der Waals surface area contributed by atoms with Crippen molar-refractivity contribution in [2.75, 3.05) is 0 Å². The van der Waals surface area contributed by atoms with Crippen LogP contribution in [-0.4, -0.2) is 20.9 Å². The Morgan fingerprint density at radius 3 is 1.47 bits per heavy atom. The van der Waals surface area contributed by atoms with Crippen molar-refractivity contribution in [3.8, 4) is 11.4 Å². The van der Waals surface area contributed by atoms with Gasteiger partial charge in [-0.05, 0) is 22.9 Å². The minimum Gasteiger partial charge on any atom is -0.507 e. The van der Waals surface area contributed by atoms with Crippen molar-refractivity contribution in [3.05, 3.63) is 151 Å². The first-order valence-corrected chi connectivity index (χ1v) is 11.9. The summed E-state index contributed by atoms with van der Waals surface area (Å²) in [4.78, 5) is 20.9. The van der Waals surface area contributed by atoms with E-state index >= 15 is 0 Å². The molecule has 0 spiro atoms. The fourth-order valence-electron chi connectivity index (χ4n) is 4.12. The predicted octanol–water partition coefficient (Wildman–Crippen LogP) is 7.92. The van der Waals surface area contributed by atoms with E-state index in [1.54, 1.807) is 36.4 Å². The third-order valence-corrected chi connectivity index (χ3v) is 5.97. The molecular formula is C33H24N2O2Tb. The van der Waals surface area contributed by atoms with Gasteiger partial charge in [0, 0.05) is 79.0 Å². The van der Waals surface area contributed by atoms with Gasteiger partial charge < -0.3 is 5.11 Å². The van der Waals surface area contributed by atoms with Crippen LogP contribution in [0, 0.1) is 38.6 Å². The standard InChI is InChI=1S/C18H12N2.C15H12O2.Tb/c1-3-7-15-13(5-1)9-11-19-17(15)18-16-8-4-2-6-14(16)10-12-20-18;16-14(12-7-3-1-4-8-12)11-15(17)13-9-5-2-6-10-13;/h1-12H;1-11,16H;/b;14-11-;. The van der Waals surface area contributed by atoms with Crippen molar-refractivity contribution >= 4 is 33.1 Å². The maximum atomic E-state index is 11.8. The average molecular weight is 639 g/mol. The molecule has 0 aliphatic heterocycles. The van der Waals surface area contributed by atoms with Gasteiger partial charge in [-0.2, -0.15) is 0 Å². The number of allylic oxidation sites excluding steroid dienone is 1. The number of aliphatic hydroxyl groups excluding tert-OH is 1. The van der Waals surface area contributed by atoms with Crippen LogP contribution in [0.5, 0.6) is 0 Å². The molecule has 0 saturated carbocycles. The fourth-order valence-corrected chi connectivity index (χ4v) is 4.12. The number of hydrogen-bond acceptors (Lipinski definition) is 4. The zero-order valence-electron chi connectivity index (χ0n) is 20.4. The maximum absolute atomic E-state index is 11.8. The quantitative estimate of drug-likeness (QED) is 0.121. The molecule has 0 unspecified atom stereocenters. The van der Waals surface area contributed by atoms with Gasteiger partial charge in [-0.25, -0.2) is 0 Å². The van der Waals surface area contributed by atoms with E-state index in [4.69, 9.17) is 0 Å². The van der Waals surface area contributed by atoms with E-state index in [1.165, 1.54) is 16.8 Å². The summed E-state index contributed by atoms with van der Waals surface area (Å²) in [5.41, 5.74) is 3.09. The van der Waals surface area contributed by atoms with E-state index in [9.17, 15) is 9.90 Å². The second-order valence-corrected chi connectivity index (χ2v) is 8.39. The SMILES string of the molecule is O=C(/C=C(\O)c1ccccc1)c1ccccc1.[Tb].c1ccc2c(-c3nccc4ccccc34)nccc2c1. The van der Waals surface area contributed by atoms with Gasteiger partial charge in [0.15, 0.2) is 5.78 Å². The first-order chi connectivity index (χ1) is 18.2. The summed E-state index contributed by atoms with van der Waals surface area (Å²) in [5, 5.41) is 14.4. The summed E-state index contributed by atoms with van der Waals surface area (Å²) in [7, 11) is 0. The largest absolute Gasteiger partial charge is 0.507 e. The molecule has 0 amide bonds. The van der Waals surface area contributed by atoms with Crippen LogP contribution < -0.4 is 0 Å². The average Bonchev–Trinajstić information content (AvgIpc) is 2.98. The minimum atomic E-state index is -0.202.